The van der Waals surface area contributed by atoms with E-state index in [-0.39, 0.29) is 31.0 Å². The number of hydrogen-bond donors (Lipinski definition) is 1. The van der Waals surface area contributed by atoms with Gasteiger partial charge in [-0.05, 0) is 57.1 Å². The lowest BCUT2D eigenvalue weighted by Crippen LogP contribution is -2.69. The Bertz CT molecular complexity index is 939. The van der Waals surface area contributed by atoms with Crippen LogP contribution in [0.15, 0.2) is 23.8 Å². The maximum atomic E-state index is 17.0. The first-order chi connectivity index (χ1) is 14.6. The predicted molar refractivity (Wildman–Crippen MR) is 105 cm³/mol. The molecule has 0 bridgehead atoms. The van der Waals surface area contributed by atoms with Gasteiger partial charge >= 0.3 is 5.97 Å². The molecule has 4 aliphatic carbocycles. The molecule has 8 heteroatoms. The maximum Gasteiger partial charge on any atom is 0.352 e. The summed E-state index contributed by atoms with van der Waals surface area (Å²) in [6.07, 6.45) is 4.24. The zero-order valence-electron chi connectivity index (χ0n) is 17.6. The highest BCUT2D eigenvalue weighted by molar-refractivity contribution is 6.01. The number of allylic oxidation sites excluding steroid dienone is 4. The number of esters is 1. The summed E-state index contributed by atoms with van der Waals surface area (Å²) in [4.78, 5) is 36.2. The molecular weight excluding hydrogens is 405 g/mol. The van der Waals surface area contributed by atoms with Crippen molar-refractivity contribution in [2.45, 2.75) is 63.3 Å². The Kier molecular flexibility index (Phi) is 4.89. The van der Waals surface area contributed by atoms with Gasteiger partial charge in [0.15, 0.2) is 18.1 Å². The zero-order valence-corrected chi connectivity index (χ0v) is 17.6. The summed E-state index contributed by atoms with van der Waals surface area (Å²) in [6.45, 7) is 3.14. The Morgan fingerprint density at radius 2 is 2.13 bits per heavy atom. The van der Waals surface area contributed by atoms with Gasteiger partial charge in [-0.1, -0.05) is 18.6 Å². The Labute approximate surface area is 179 Å². The molecule has 0 amide bonds. The average Bonchev–Trinajstić information content (AvgIpc) is 3.01. The summed E-state index contributed by atoms with van der Waals surface area (Å²) in [5.74, 6) is -2.00. The van der Waals surface area contributed by atoms with Gasteiger partial charge in [-0.15, -0.1) is 0 Å². The van der Waals surface area contributed by atoms with E-state index in [1.54, 1.807) is 26.0 Å². The van der Waals surface area contributed by atoms with E-state index in [4.69, 9.17) is 14.7 Å². The minimum atomic E-state index is -2.04. The van der Waals surface area contributed by atoms with Crippen LogP contribution >= 0.6 is 0 Å². The number of nitrogens with zero attached hydrogens (tertiary/aromatic N) is 1. The first-order valence-electron chi connectivity index (χ1n) is 10.6. The van der Waals surface area contributed by atoms with E-state index in [0.29, 0.717) is 24.8 Å². The van der Waals surface area contributed by atoms with Gasteiger partial charge in [0.25, 0.3) is 6.47 Å². The quantitative estimate of drug-likeness (QED) is 0.537. The van der Waals surface area contributed by atoms with Gasteiger partial charge in [0.05, 0.1) is 6.10 Å². The first kappa shape index (κ1) is 21.7. The fraction of sp³-hybridized carbons (Fsp3) is 0.652. The number of carbonyl (C=O) groups excluding carboxylic acids is 3. The van der Waals surface area contributed by atoms with Crippen LogP contribution < -0.4 is 0 Å². The number of rotatable bonds is 4. The SMILES string of the molecule is C[C@]12C=CC(=O)C=C1CC[C@H]1[C@@H]3CC[C@](OC=O)(C(=O)OCC#N)[C@@]3(C)C[C@H](O)[C@@]12F. The van der Waals surface area contributed by atoms with E-state index in [1.807, 2.05) is 0 Å². The third-order valence-electron chi connectivity index (χ3n) is 8.61. The molecule has 0 aromatic heterocycles. The molecule has 7 atom stereocenters. The van der Waals surface area contributed by atoms with Crippen molar-refractivity contribution < 1.29 is 33.4 Å². The van der Waals surface area contributed by atoms with Crippen LogP contribution in [0.1, 0.15) is 46.0 Å². The van der Waals surface area contributed by atoms with Crippen molar-refractivity contribution in [1.29, 1.82) is 5.26 Å². The van der Waals surface area contributed by atoms with E-state index in [9.17, 15) is 19.5 Å². The molecule has 3 fully saturated rings. The first-order valence-corrected chi connectivity index (χ1v) is 10.6. The molecule has 0 aromatic carbocycles. The van der Waals surface area contributed by atoms with E-state index < -0.39 is 46.7 Å². The van der Waals surface area contributed by atoms with Gasteiger partial charge in [-0.2, -0.15) is 5.26 Å². The lowest BCUT2D eigenvalue weighted by atomic mass is 9.45. The molecule has 0 aromatic rings. The molecule has 0 unspecified atom stereocenters. The molecule has 0 aliphatic heterocycles. The van der Waals surface area contributed by atoms with Gasteiger partial charge in [0.1, 0.15) is 6.07 Å². The third-order valence-corrected chi connectivity index (χ3v) is 8.61. The van der Waals surface area contributed by atoms with Crippen molar-refractivity contribution in [2.24, 2.45) is 22.7 Å². The molecule has 0 heterocycles. The fourth-order valence-electron chi connectivity index (χ4n) is 7.07. The van der Waals surface area contributed by atoms with Crippen molar-refractivity contribution in [2.75, 3.05) is 6.61 Å². The van der Waals surface area contributed by atoms with E-state index >= 15 is 4.39 Å². The lowest BCUT2D eigenvalue weighted by Gasteiger charge is -2.62. The average molecular weight is 431 g/mol. The number of alkyl halides is 1. The fourth-order valence-corrected chi connectivity index (χ4v) is 7.07. The second-order valence-corrected chi connectivity index (χ2v) is 9.58. The number of halogens is 1. The Balaban J connectivity index is 1.79. The highest BCUT2D eigenvalue weighted by atomic mass is 19.1. The number of fused-ring (bicyclic) bond motifs is 5. The van der Waals surface area contributed by atoms with Crippen LogP contribution in [0.4, 0.5) is 4.39 Å². The van der Waals surface area contributed by atoms with Gasteiger partial charge in [0.2, 0.25) is 5.60 Å². The maximum absolute atomic E-state index is 17.0. The highest BCUT2D eigenvalue weighted by Gasteiger charge is 2.75. The number of aliphatic hydroxyl groups excluding tert-OH is 1. The van der Waals surface area contributed by atoms with E-state index in [1.165, 1.54) is 12.2 Å². The second kappa shape index (κ2) is 6.99. The minimum absolute atomic E-state index is 0.120. The molecule has 31 heavy (non-hydrogen) atoms. The zero-order chi connectivity index (χ0) is 22.7. The molecule has 3 saturated carbocycles. The van der Waals surface area contributed by atoms with Crippen molar-refractivity contribution in [3.8, 4) is 6.07 Å². The van der Waals surface area contributed by atoms with Crippen LogP contribution in [0.25, 0.3) is 0 Å². The lowest BCUT2D eigenvalue weighted by molar-refractivity contribution is -0.228. The summed E-state index contributed by atoms with van der Waals surface area (Å²) in [6, 6.07) is 1.73. The molecule has 4 rings (SSSR count). The molecule has 4 aliphatic rings. The summed E-state index contributed by atoms with van der Waals surface area (Å²) in [5.41, 5.74) is -5.25. The van der Waals surface area contributed by atoms with Crippen molar-refractivity contribution >= 4 is 18.2 Å². The van der Waals surface area contributed by atoms with Crippen LogP contribution in [0.5, 0.6) is 0 Å². The molecule has 0 saturated heterocycles. The topological polar surface area (TPSA) is 114 Å². The summed E-state index contributed by atoms with van der Waals surface area (Å²) in [5, 5.41) is 20.0. The molecule has 1 N–H and O–H groups in total. The minimum Gasteiger partial charge on any atom is -0.449 e. The summed E-state index contributed by atoms with van der Waals surface area (Å²) < 4.78 is 27.4. The van der Waals surface area contributed by atoms with Crippen LogP contribution in [0, 0.1) is 34.0 Å². The number of ether oxygens (including phenoxy) is 2. The normalized spacial score (nSPS) is 45.5. The second-order valence-electron chi connectivity index (χ2n) is 9.58. The van der Waals surface area contributed by atoms with Crippen molar-refractivity contribution in [1.82, 2.24) is 0 Å². The largest absolute Gasteiger partial charge is 0.449 e. The van der Waals surface area contributed by atoms with Crippen LogP contribution in [0.2, 0.25) is 0 Å². The number of nitriles is 1. The highest BCUT2D eigenvalue weighted by Crippen LogP contribution is 2.70. The van der Waals surface area contributed by atoms with Crippen LogP contribution in [-0.4, -0.2) is 47.3 Å². The summed E-state index contributed by atoms with van der Waals surface area (Å²) in [7, 11) is 0. The van der Waals surface area contributed by atoms with E-state index in [2.05, 4.69) is 0 Å². The molecular formula is C23H26FNO6. The third kappa shape index (κ3) is 2.56. The number of carbonyl (C=O) groups is 3. The van der Waals surface area contributed by atoms with E-state index in [0.717, 1.165) is 0 Å². The molecule has 0 radical (unpaired) electrons. The van der Waals surface area contributed by atoms with Gasteiger partial charge in [0, 0.05) is 16.7 Å². The Morgan fingerprint density at radius 1 is 1.39 bits per heavy atom. The predicted octanol–water partition coefficient (Wildman–Crippen LogP) is 2.34. The summed E-state index contributed by atoms with van der Waals surface area (Å²) >= 11 is 0. The van der Waals surface area contributed by atoms with Crippen molar-refractivity contribution in [3.63, 3.8) is 0 Å². The monoisotopic (exact) mass is 431 g/mol. The molecule has 0 spiro atoms. The number of hydrogen-bond acceptors (Lipinski definition) is 7. The molecule has 166 valence electrons. The van der Waals surface area contributed by atoms with Crippen LogP contribution in [0.3, 0.4) is 0 Å². The van der Waals surface area contributed by atoms with Crippen LogP contribution in [-0.2, 0) is 23.9 Å². The van der Waals surface area contributed by atoms with Gasteiger partial charge in [-0.25, -0.2) is 9.18 Å². The standard InChI is InChI=1S/C23H26FNO6/c1-20-7-5-15(27)11-14(20)3-4-17-16-6-8-22(31-13-26,19(29)30-10-9-25)21(16,2)12-18(28)23(17,20)24/h5,7,11,13,16-18,28H,3-4,6,8,10,12H2,1-2H3/t16-,17-,18-,20-,21-,22-,23-/m0/s1. The number of aliphatic hydroxyl groups is 1. The Hall–Kier alpha value is -2.53. The Morgan fingerprint density at radius 3 is 2.81 bits per heavy atom. The smallest absolute Gasteiger partial charge is 0.352 e. The van der Waals surface area contributed by atoms with Gasteiger partial charge < -0.3 is 14.6 Å². The van der Waals surface area contributed by atoms with Crippen molar-refractivity contribution in [3.05, 3.63) is 23.8 Å². The number of ketones is 1. The molecule has 7 nitrogen and oxygen atoms in total. The van der Waals surface area contributed by atoms with Gasteiger partial charge in [-0.3, -0.25) is 9.59 Å².